The van der Waals surface area contributed by atoms with E-state index in [0.29, 0.717) is 38.5 Å². The van der Waals surface area contributed by atoms with Crippen molar-refractivity contribution in [3.8, 4) is 11.5 Å². The van der Waals surface area contributed by atoms with E-state index in [4.69, 9.17) is 14.0 Å². The van der Waals surface area contributed by atoms with Crippen LogP contribution in [0.4, 0.5) is 27.8 Å². The summed E-state index contributed by atoms with van der Waals surface area (Å²) in [7, 11) is 1.23. The van der Waals surface area contributed by atoms with Gasteiger partial charge < -0.3 is 14.0 Å². The fourth-order valence-corrected chi connectivity index (χ4v) is 5.67. The topological polar surface area (TPSA) is 103 Å². The average Bonchev–Trinajstić information content (AvgIpc) is 3.62. The molecule has 2 heterocycles. The van der Waals surface area contributed by atoms with Gasteiger partial charge in [0.2, 0.25) is 5.82 Å². The number of halogens is 5. The summed E-state index contributed by atoms with van der Waals surface area (Å²) in [5.74, 6) is -9.04. The largest absolute Gasteiger partial charge is 0.496 e. The lowest BCUT2D eigenvalue weighted by molar-refractivity contribution is 0.360. The predicted octanol–water partition coefficient (Wildman–Crippen LogP) is 5.72. The Morgan fingerprint density at radius 2 is 1.64 bits per heavy atom. The first-order valence-corrected chi connectivity index (χ1v) is 13.9. The predicted molar refractivity (Wildman–Crippen MR) is 144 cm³/mol. The van der Waals surface area contributed by atoms with Gasteiger partial charge in [0.15, 0.2) is 45.7 Å². The molecule has 1 atom stereocenters. The molecular weight excluding hydrogens is 605 g/mol. The van der Waals surface area contributed by atoms with Crippen LogP contribution in [0.15, 0.2) is 63.1 Å². The molecule has 0 amide bonds. The third-order valence-corrected chi connectivity index (χ3v) is 7.89. The van der Waals surface area contributed by atoms with Crippen molar-refractivity contribution in [2.75, 3.05) is 18.9 Å². The van der Waals surface area contributed by atoms with E-state index < -0.39 is 45.0 Å². The molecule has 3 aromatic carbocycles. The molecule has 5 rings (SSSR count). The van der Waals surface area contributed by atoms with E-state index in [0.717, 1.165) is 0 Å². The molecule has 0 bridgehead atoms. The minimum atomic E-state index is -2.22. The first kappa shape index (κ1) is 29.3. The third kappa shape index (κ3) is 5.77. The summed E-state index contributed by atoms with van der Waals surface area (Å²) in [5, 5.41) is 8.72. The second kappa shape index (κ2) is 12.4. The van der Waals surface area contributed by atoms with E-state index in [1.54, 1.807) is 47.3 Å². The Balaban J connectivity index is 1.28. The smallest absolute Gasteiger partial charge is 0.200 e. The van der Waals surface area contributed by atoms with Crippen molar-refractivity contribution < 1.29 is 40.2 Å². The zero-order valence-corrected chi connectivity index (χ0v) is 23.3. The number of ether oxygens (including phenoxy) is 2. The Bertz CT molecular complexity index is 1770. The van der Waals surface area contributed by atoms with Crippen molar-refractivity contribution in [2.45, 2.75) is 22.9 Å². The fraction of sp³-hybridized carbons (Fsp3) is 0.154. The van der Waals surface area contributed by atoms with Crippen LogP contribution in [0.1, 0.15) is 11.1 Å². The highest BCUT2D eigenvalue weighted by atomic mass is 32.2. The summed E-state index contributed by atoms with van der Waals surface area (Å²) in [4.78, 5) is -0.617. The van der Waals surface area contributed by atoms with Gasteiger partial charge in [0.05, 0.1) is 27.0 Å². The minimum absolute atomic E-state index is 0.00693. The van der Waals surface area contributed by atoms with Gasteiger partial charge >= 0.3 is 0 Å². The fourth-order valence-electron chi connectivity index (χ4n) is 3.96. The lowest BCUT2D eigenvalue weighted by Crippen LogP contribution is -2.08. The van der Waals surface area contributed by atoms with Gasteiger partial charge in [0.25, 0.3) is 0 Å². The van der Waals surface area contributed by atoms with Crippen molar-refractivity contribution in [1.29, 1.82) is 0 Å². The molecule has 42 heavy (non-hydrogen) atoms. The Morgan fingerprint density at radius 1 is 0.952 bits per heavy atom. The molecule has 0 saturated heterocycles. The van der Waals surface area contributed by atoms with E-state index in [9.17, 15) is 26.2 Å². The summed E-state index contributed by atoms with van der Waals surface area (Å²) in [6, 6.07) is 10.3. The Morgan fingerprint density at radius 3 is 2.36 bits per heavy atom. The van der Waals surface area contributed by atoms with Crippen LogP contribution in [0.2, 0.25) is 0 Å². The quantitative estimate of drug-likeness (QED) is 0.0833. The molecule has 0 aliphatic heterocycles. The molecule has 16 heteroatoms. The van der Waals surface area contributed by atoms with Gasteiger partial charge in [-0.2, -0.15) is 5.10 Å². The van der Waals surface area contributed by atoms with Gasteiger partial charge in [0, 0.05) is 18.3 Å². The second-order valence-electron chi connectivity index (χ2n) is 8.59. The molecular formula is C26H20F5N5O4S2. The third-order valence-electron chi connectivity index (χ3n) is 5.93. The van der Waals surface area contributed by atoms with Gasteiger partial charge in [0.1, 0.15) is 26.7 Å². The van der Waals surface area contributed by atoms with Crippen molar-refractivity contribution in [1.82, 2.24) is 19.7 Å². The van der Waals surface area contributed by atoms with E-state index in [1.807, 2.05) is 0 Å². The Hall–Kier alpha value is -4.15. The molecule has 2 N–H and O–H groups in total. The number of hydrogen-bond acceptors (Lipinski definition) is 8. The number of methoxy groups -OCH3 is 2. The highest BCUT2D eigenvalue weighted by Gasteiger charge is 2.26. The van der Waals surface area contributed by atoms with Gasteiger partial charge in [-0.15, -0.1) is 0 Å². The molecule has 0 aliphatic rings. The normalized spacial score (nSPS) is 12.1. The maximum atomic E-state index is 13.9. The number of benzene rings is 3. The summed E-state index contributed by atoms with van der Waals surface area (Å²) in [6.45, 7) is 0.265. The summed E-state index contributed by atoms with van der Waals surface area (Å²) in [5.41, 5.74) is 1.65. The second-order valence-corrected chi connectivity index (χ2v) is 10.7. The summed E-state index contributed by atoms with van der Waals surface area (Å²) >= 11 is 0.278. The van der Waals surface area contributed by atoms with Gasteiger partial charge in [-0.05, 0) is 41.8 Å². The lowest BCUT2D eigenvalue weighted by atomic mass is 10.1. The molecule has 220 valence electrons. The minimum Gasteiger partial charge on any atom is -0.496 e. The highest BCUT2D eigenvalue weighted by molar-refractivity contribution is 7.97. The van der Waals surface area contributed by atoms with Crippen LogP contribution in [0.3, 0.4) is 0 Å². The Labute approximate surface area is 241 Å². The number of nitrogens with one attached hydrogen (secondary N) is 2. The van der Waals surface area contributed by atoms with Crippen molar-refractivity contribution in [3.05, 3.63) is 89.0 Å². The molecule has 0 spiro atoms. The van der Waals surface area contributed by atoms with Gasteiger partial charge in [-0.1, -0.05) is 17.3 Å². The van der Waals surface area contributed by atoms with Crippen LogP contribution in [0.5, 0.6) is 11.5 Å². The molecule has 0 saturated carbocycles. The first-order chi connectivity index (χ1) is 20.2. The van der Waals surface area contributed by atoms with E-state index in [1.165, 1.54) is 20.4 Å². The lowest BCUT2D eigenvalue weighted by Gasteiger charge is -2.10. The van der Waals surface area contributed by atoms with E-state index in [-0.39, 0.29) is 30.9 Å². The van der Waals surface area contributed by atoms with E-state index >= 15 is 0 Å². The van der Waals surface area contributed by atoms with Crippen molar-refractivity contribution >= 4 is 39.7 Å². The SMILES string of the molecule is COc1ccccc1S(=O)Nc1noc2cc(Cn3cc(CNSc4c(F)c(F)c(F)c(F)c4F)cn3)cc(OC)c12. The zero-order valence-electron chi connectivity index (χ0n) is 21.7. The van der Waals surface area contributed by atoms with Crippen LogP contribution in [0.25, 0.3) is 11.0 Å². The zero-order chi connectivity index (χ0) is 30.0. The van der Waals surface area contributed by atoms with Crippen LogP contribution >= 0.6 is 11.9 Å². The highest BCUT2D eigenvalue weighted by Crippen LogP contribution is 2.35. The molecule has 0 aliphatic carbocycles. The van der Waals surface area contributed by atoms with Gasteiger partial charge in [-0.25, -0.2) is 26.2 Å². The first-order valence-electron chi connectivity index (χ1n) is 11.9. The molecule has 9 nitrogen and oxygen atoms in total. The number of nitrogens with zero attached hydrogens (tertiary/aromatic N) is 3. The number of rotatable bonds is 11. The summed E-state index contributed by atoms with van der Waals surface area (Å²) < 4.78 is 104. The molecule has 5 aromatic rings. The van der Waals surface area contributed by atoms with Gasteiger partial charge in [-0.3, -0.25) is 14.1 Å². The number of aromatic nitrogens is 3. The number of para-hydroxylation sites is 1. The number of anilines is 1. The van der Waals surface area contributed by atoms with Crippen LogP contribution in [-0.4, -0.2) is 33.4 Å². The summed E-state index contributed by atoms with van der Waals surface area (Å²) in [6.07, 6.45) is 3.11. The monoisotopic (exact) mass is 625 g/mol. The van der Waals surface area contributed by atoms with Crippen LogP contribution in [0, 0.1) is 29.1 Å². The molecule has 2 aromatic heterocycles. The molecule has 0 fully saturated rings. The number of hydrogen-bond donors (Lipinski definition) is 2. The van der Waals surface area contributed by atoms with Crippen molar-refractivity contribution in [3.63, 3.8) is 0 Å². The van der Waals surface area contributed by atoms with E-state index in [2.05, 4.69) is 19.7 Å². The van der Waals surface area contributed by atoms with Crippen LogP contribution < -0.4 is 18.9 Å². The van der Waals surface area contributed by atoms with Crippen LogP contribution in [-0.2, 0) is 24.1 Å². The molecule has 1 unspecified atom stereocenters. The average molecular weight is 626 g/mol. The molecule has 0 radical (unpaired) electrons. The Kier molecular flexibility index (Phi) is 8.65. The maximum Gasteiger partial charge on any atom is 0.200 e. The number of fused-ring (bicyclic) bond motifs is 1. The van der Waals surface area contributed by atoms with Crippen molar-refractivity contribution in [2.24, 2.45) is 0 Å². The maximum absolute atomic E-state index is 13.9. The standard InChI is InChI=1S/C26H20F5N5O4S2/c1-38-15-5-3-4-6-18(15)42(37)35-26-19-16(39-2)7-13(8-17(19)40-34-26)11-36-12-14(9-32-36)10-33-41-25-23(30)21(28)20(27)22(29)24(25)31/h3-9,12,33H,10-11H2,1-2H3,(H,34,35).